The zero-order chi connectivity index (χ0) is 28.2. The van der Waals surface area contributed by atoms with E-state index in [-0.39, 0.29) is 42.5 Å². The van der Waals surface area contributed by atoms with Crippen molar-refractivity contribution in [2.45, 2.75) is 109 Å². The van der Waals surface area contributed by atoms with Crippen molar-refractivity contribution in [2.24, 2.45) is 5.92 Å². The van der Waals surface area contributed by atoms with Gasteiger partial charge in [0.05, 0.1) is 24.2 Å². The topological polar surface area (TPSA) is 108 Å². The summed E-state index contributed by atoms with van der Waals surface area (Å²) in [6.07, 6.45) is 0.241. The number of hydrogen-bond donors (Lipinski definition) is 0. The molecule has 1 heterocycles. The normalized spacial score (nSPS) is 18.9. The summed E-state index contributed by atoms with van der Waals surface area (Å²) >= 11 is 0. The number of nitrogens with zero attached hydrogens (tertiary/aromatic N) is 1. The number of esters is 1. The Morgan fingerprint density at radius 3 is 2.16 bits per heavy atom. The van der Waals surface area contributed by atoms with Gasteiger partial charge < -0.3 is 14.2 Å². The Balaban J connectivity index is 2.21. The van der Waals surface area contributed by atoms with Gasteiger partial charge in [0, 0.05) is 6.42 Å². The highest BCUT2D eigenvalue weighted by Crippen LogP contribution is 2.33. The van der Waals surface area contributed by atoms with Crippen molar-refractivity contribution in [3.63, 3.8) is 0 Å². The number of rotatable bonds is 9. The number of carbonyl (C=O) groups is 2. The largest absolute Gasteiger partial charge is 0.460 e. The first-order valence-corrected chi connectivity index (χ1v) is 14.0. The van der Waals surface area contributed by atoms with E-state index < -0.39 is 33.1 Å². The zero-order valence-electron chi connectivity index (χ0n) is 23.6. The van der Waals surface area contributed by atoms with Crippen LogP contribution in [0.15, 0.2) is 29.2 Å². The predicted octanol–water partition coefficient (Wildman–Crippen LogP) is 5.20. The summed E-state index contributed by atoms with van der Waals surface area (Å²) in [4.78, 5) is 27.0. The van der Waals surface area contributed by atoms with Gasteiger partial charge in [0.1, 0.15) is 16.9 Å². The van der Waals surface area contributed by atoms with Gasteiger partial charge >= 0.3 is 12.1 Å². The van der Waals surface area contributed by atoms with Crippen LogP contribution in [-0.2, 0) is 33.3 Å². The Bertz CT molecular complexity index is 1040. The molecular weight excluding hydrogens is 498 g/mol. The van der Waals surface area contributed by atoms with Gasteiger partial charge in [-0.25, -0.2) is 4.79 Å². The van der Waals surface area contributed by atoms with E-state index in [1.807, 2.05) is 6.92 Å². The highest BCUT2D eigenvalue weighted by atomic mass is 32.2. The van der Waals surface area contributed by atoms with Crippen LogP contribution in [0.3, 0.4) is 0 Å². The van der Waals surface area contributed by atoms with Crippen molar-refractivity contribution in [1.82, 2.24) is 4.90 Å². The lowest BCUT2D eigenvalue weighted by molar-refractivity contribution is -0.155. The van der Waals surface area contributed by atoms with Crippen molar-refractivity contribution < 1.29 is 36.4 Å². The van der Waals surface area contributed by atoms with Crippen LogP contribution in [0.1, 0.15) is 80.2 Å². The first-order chi connectivity index (χ1) is 16.8. The highest BCUT2D eigenvalue weighted by Gasteiger charge is 2.46. The van der Waals surface area contributed by atoms with Gasteiger partial charge in [-0.1, -0.05) is 17.7 Å². The van der Waals surface area contributed by atoms with Crippen molar-refractivity contribution in [1.29, 1.82) is 0 Å². The summed E-state index contributed by atoms with van der Waals surface area (Å²) < 4.78 is 48.0. The molecule has 9 nitrogen and oxygen atoms in total. The molecule has 1 saturated heterocycles. The molecule has 1 aromatic carbocycles. The minimum atomic E-state index is -4.00. The quantitative estimate of drug-likeness (QED) is 0.310. The highest BCUT2D eigenvalue weighted by molar-refractivity contribution is 7.86. The average molecular weight is 542 g/mol. The molecule has 1 amide bonds. The smallest absolute Gasteiger partial charge is 0.412 e. The zero-order valence-corrected chi connectivity index (χ0v) is 24.4. The molecular formula is C27H43NO8S. The maximum Gasteiger partial charge on any atom is 0.412 e. The van der Waals surface area contributed by atoms with Crippen LogP contribution in [0.2, 0.25) is 0 Å². The molecule has 0 radical (unpaired) electrons. The van der Waals surface area contributed by atoms with Crippen molar-refractivity contribution in [3.8, 4) is 0 Å². The molecule has 1 aromatic rings. The fourth-order valence-electron chi connectivity index (χ4n) is 4.06. The third-order valence-electron chi connectivity index (χ3n) is 5.72. The molecule has 0 N–H and O–H groups in total. The molecule has 0 aliphatic carbocycles. The van der Waals surface area contributed by atoms with E-state index in [0.717, 1.165) is 5.56 Å². The Morgan fingerprint density at radius 2 is 1.62 bits per heavy atom. The molecule has 1 fully saturated rings. The first kappa shape index (κ1) is 31.1. The Labute approximate surface area is 221 Å². The van der Waals surface area contributed by atoms with Crippen LogP contribution in [0.5, 0.6) is 0 Å². The molecule has 37 heavy (non-hydrogen) atoms. The molecule has 1 aliphatic rings. The van der Waals surface area contributed by atoms with E-state index in [4.69, 9.17) is 18.4 Å². The van der Waals surface area contributed by atoms with E-state index in [1.165, 1.54) is 12.1 Å². The monoisotopic (exact) mass is 541 g/mol. The molecule has 210 valence electrons. The van der Waals surface area contributed by atoms with E-state index in [1.54, 1.807) is 72.4 Å². The number of carbonyl (C=O) groups excluding carboxylic acids is 2. The third kappa shape index (κ3) is 9.90. The van der Waals surface area contributed by atoms with Crippen molar-refractivity contribution in [3.05, 3.63) is 29.8 Å². The predicted molar refractivity (Wildman–Crippen MR) is 139 cm³/mol. The third-order valence-corrected chi connectivity index (χ3v) is 7.01. The molecule has 0 spiro atoms. The van der Waals surface area contributed by atoms with Crippen LogP contribution >= 0.6 is 0 Å². The van der Waals surface area contributed by atoms with Gasteiger partial charge in [0.15, 0.2) is 0 Å². The summed E-state index contributed by atoms with van der Waals surface area (Å²) in [5.74, 6) is -0.758. The maximum absolute atomic E-state index is 13.0. The second-order valence-electron chi connectivity index (χ2n) is 12.0. The summed E-state index contributed by atoms with van der Waals surface area (Å²) in [7, 11) is -4.00. The Hall–Kier alpha value is -2.17. The average Bonchev–Trinajstić information content (AvgIpc) is 3.01. The lowest BCUT2D eigenvalue weighted by Crippen LogP contribution is -2.50. The van der Waals surface area contributed by atoms with Crippen molar-refractivity contribution >= 4 is 22.2 Å². The minimum Gasteiger partial charge on any atom is -0.460 e. The van der Waals surface area contributed by atoms with Gasteiger partial charge in [-0.3, -0.25) is 13.9 Å². The second-order valence-corrected chi connectivity index (χ2v) is 13.7. The van der Waals surface area contributed by atoms with Crippen LogP contribution in [-0.4, -0.2) is 61.6 Å². The summed E-state index contributed by atoms with van der Waals surface area (Å²) in [5, 5.41) is 0. The fourth-order valence-corrected chi connectivity index (χ4v) is 5.04. The molecule has 0 bridgehead atoms. The van der Waals surface area contributed by atoms with Gasteiger partial charge in [0.2, 0.25) is 0 Å². The minimum absolute atomic E-state index is 0.0599. The Kier molecular flexibility index (Phi) is 9.82. The standard InChI is InChI=1S/C27H43NO8S/c1-19-10-13-22(14-11-19)37(31,32)34-17-20(12-15-23(29)35-25(2,3)4)16-21-18-33-27(8,9)28(21)24(30)36-26(5,6)7/h10-11,13-14,20-21H,12,15-18H2,1-9H3/t20-,21+/m1/s1. The van der Waals surface area contributed by atoms with Crippen LogP contribution in [0.4, 0.5) is 4.79 Å². The van der Waals surface area contributed by atoms with E-state index in [2.05, 4.69) is 0 Å². The van der Waals surface area contributed by atoms with E-state index in [9.17, 15) is 18.0 Å². The van der Waals surface area contributed by atoms with E-state index >= 15 is 0 Å². The number of benzene rings is 1. The van der Waals surface area contributed by atoms with Gasteiger partial charge in [-0.15, -0.1) is 0 Å². The summed E-state index contributed by atoms with van der Waals surface area (Å²) in [6.45, 7) is 16.3. The molecule has 2 atom stereocenters. The molecule has 0 saturated carbocycles. The van der Waals surface area contributed by atoms with Crippen LogP contribution in [0, 0.1) is 12.8 Å². The van der Waals surface area contributed by atoms with Crippen LogP contribution in [0.25, 0.3) is 0 Å². The molecule has 10 heteroatoms. The van der Waals surface area contributed by atoms with Crippen LogP contribution < -0.4 is 0 Å². The van der Waals surface area contributed by atoms with Gasteiger partial charge in [-0.2, -0.15) is 8.42 Å². The lowest BCUT2D eigenvalue weighted by atomic mass is 9.95. The fraction of sp³-hybridized carbons (Fsp3) is 0.704. The Morgan fingerprint density at radius 1 is 1.05 bits per heavy atom. The van der Waals surface area contributed by atoms with E-state index in [0.29, 0.717) is 12.8 Å². The summed E-state index contributed by atoms with van der Waals surface area (Å²) in [6, 6.07) is 6.01. The first-order valence-electron chi connectivity index (χ1n) is 12.6. The molecule has 1 aliphatic heterocycles. The number of hydrogen-bond acceptors (Lipinski definition) is 8. The van der Waals surface area contributed by atoms with Crippen molar-refractivity contribution in [2.75, 3.05) is 13.2 Å². The molecule has 2 rings (SSSR count). The number of aryl methyl sites for hydroxylation is 1. The lowest BCUT2D eigenvalue weighted by Gasteiger charge is -2.36. The molecule has 0 aromatic heterocycles. The maximum atomic E-state index is 13.0. The molecule has 0 unspecified atom stereocenters. The van der Waals surface area contributed by atoms with Gasteiger partial charge in [0.25, 0.3) is 10.1 Å². The van der Waals surface area contributed by atoms with Gasteiger partial charge in [-0.05, 0) is 93.2 Å². The number of amides is 1. The SMILES string of the molecule is Cc1ccc(S(=O)(=O)OC[C@H](CCC(=O)OC(C)(C)C)C[C@H]2COC(C)(C)N2C(=O)OC(C)(C)C)cc1. The summed E-state index contributed by atoms with van der Waals surface area (Å²) in [5.41, 5.74) is -1.30. The number of ether oxygens (including phenoxy) is 3. The second kappa shape index (κ2) is 11.7.